The van der Waals surface area contributed by atoms with Crippen molar-refractivity contribution in [1.29, 1.82) is 0 Å². The minimum Gasteiger partial charge on any atom is -0.458 e. The number of hydrogen-bond donors (Lipinski definition) is 0. The minimum absolute atomic E-state index is 0.00114. The van der Waals surface area contributed by atoms with E-state index in [-0.39, 0.29) is 40.5 Å². The third-order valence-corrected chi connectivity index (χ3v) is 4.76. The van der Waals surface area contributed by atoms with Crippen LogP contribution in [0.15, 0.2) is 22.8 Å². The number of benzene rings is 1. The summed E-state index contributed by atoms with van der Waals surface area (Å²) < 4.78 is 15.3. The molecule has 25 heavy (non-hydrogen) atoms. The van der Waals surface area contributed by atoms with Gasteiger partial charge in [0.25, 0.3) is 5.69 Å². The first-order valence-electron chi connectivity index (χ1n) is 6.93. The Labute approximate surface area is 149 Å². The number of aliphatic imine (C=N–C) groups is 1. The van der Waals surface area contributed by atoms with Crippen LogP contribution in [0.2, 0.25) is 0 Å². The fourth-order valence-corrected chi connectivity index (χ4v) is 3.59. The monoisotopic (exact) mass is 382 g/mol. The van der Waals surface area contributed by atoms with Crippen LogP contribution in [-0.2, 0) is 9.53 Å². The summed E-state index contributed by atoms with van der Waals surface area (Å²) in [6.07, 6.45) is 1.29. The molecule has 0 atom stereocenters. The first-order chi connectivity index (χ1) is 12.0. The molecule has 1 aromatic rings. The van der Waals surface area contributed by atoms with Crippen molar-refractivity contribution >= 4 is 50.1 Å². The van der Waals surface area contributed by atoms with Crippen molar-refractivity contribution in [3.8, 4) is 11.5 Å². The molecule has 0 unspecified atom stereocenters. The van der Waals surface area contributed by atoms with Crippen LogP contribution in [0, 0.1) is 10.1 Å². The Kier molecular flexibility index (Phi) is 4.95. The molecule has 0 N–H and O–H groups in total. The van der Waals surface area contributed by atoms with Gasteiger partial charge >= 0.3 is 5.30 Å². The lowest BCUT2D eigenvalue weighted by molar-refractivity contribution is -0.385. The molecule has 0 bridgehead atoms. The zero-order valence-electron chi connectivity index (χ0n) is 12.7. The molecular formula is C14H10N2O7S2. The van der Waals surface area contributed by atoms with Crippen molar-refractivity contribution in [2.75, 3.05) is 13.4 Å². The van der Waals surface area contributed by atoms with Gasteiger partial charge < -0.3 is 14.2 Å². The predicted octanol–water partition coefficient (Wildman–Crippen LogP) is 3.18. The maximum absolute atomic E-state index is 12.0. The Morgan fingerprint density at radius 3 is 2.88 bits per heavy atom. The quantitative estimate of drug-likeness (QED) is 0.336. The Morgan fingerprint density at radius 1 is 1.48 bits per heavy atom. The maximum atomic E-state index is 12.0. The van der Waals surface area contributed by atoms with Gasteiger partial charge in [0.05, 0.1) is 23.2 Å². The molecule has 0 aromatic heterocycles. The van der Waals surface area contributed by atoms with Gasteiger partial charge in [-0.15, -0.1) is 0 Å². The highest BCUT2D eigenvalue weighted by Crippen LogP contribution is 2.40. The fraction of sp³-hybridized carbons (Fsp3) is 0.214. The molecule has 0 aliphatic carbocycles. The van der Waals surface area contributed by atoms with Crippen molar-refractivity contribution in [3.05, 3.63) is 33.5 Å². The van der Waals surface area contributed by atoms with E-state index in [1.807, 2.05) is 0 Å². The van der Waals surface area contributed by atoms with E-state index in [2.05, 4.69) is 4.99 Å². The number of fused-ring (bicyclic) bond motifs is 1. The summed E-state index contributed by atoms with van der Waals surface area (Å²) >= 11 is 1.46. The highest BCUT2D eigenvalue weighted by molar-refractivity contribution is 8.49. The molecule has 1 aromatic carbocycles. The predicted molar refractivity (Wildman–Crippen MR) is 91.8 cm³/mol. The standard InChI is InChI=1S/C14H10N2O7S2/c1-2-21-14(18)25-13-15-8(12(17)24-13)3-7-4-10-11(23-6-22-10)5-9(7)16(19)20/h3-5H,2,6H2,1H3. The maximum Gasteiger partial charge on any atom is 0.374 e. The first-order valence-corrected chi connectivity index (χ1v) is 8.56. The number of hydrogen-bond acceptors (Lipinski definition) is 10. The van der Waals surface area contributed by atoms with Gasteiger partial charge in [-0.1, -0.05) is 0 Å². The summed E-state index contributed by atoms with van der Waals surface area (Å²) in [6, 6.07) is 2.65. The SMILES string of the molecule is CCOC(=O)SC1=NC(=Cc2cc3c(cc2[N+](=O)[O-])OCO3)C(=O)S1. The summed E-state index contributed by atoms with van der Waals surface area (Å²) in [4.78, 5) is 38.2. The fourth-order valence-electron chi connectivity index (χ4n) is 2.02. The molecule has 0 saturated carbocycles. The molecular weight excluding hydrogens is 372 g/mol. The normalized spacial score (nSPS) is 16.9. The summed E-state index contributed by atoms with van der Waals surface area (Å²) in [5.74, 6) is 0.615. The smallest absolute Gasteiger partial charge is 0.374 e. The molecule has 2 aliphatic rings. The van der Waals surface area contributed by atoms with Gasteiger partial charge in [-0.2, -0.15) is 0 Å². The van der Waals surface area contributed by atoms with Gasteiger partial charge in [-0.25, -0.2) is 9.79 Å². The lowest BCUT2D eigenvalue weighted by Gasteiger charge is -2.01. The van der Waals surface area contributed by atoms with Crippen molar-refractivity contribution in [3.63, 3.8) is 0 Å². The Balaban J connectivity index is 1.92. The third kappa shape index (κ3) is 3.77. The molecule has 0 spiro atoms. The number of nitrogens with zero attached hydrogens (tertiary/aromatic N) is 2. The molecule has 9 nitrogen and oxygen atoms in total. The molecule has 0 saturated heterocycles. The summed E-state index contributed by atoms with van der Waals surface area (Å²) in [6.45, 7) is 1.85. The second-order valence-electron chi connectivity index (χ2n) is 4.60. The number of thioether (sulfide) groups is 2. The molecule has 3 rings (SSSR count). The number of ether oxygens (including phenoxy) is 3. The van der Waals surface area contributed by atoms with E-state index >= 15 is 0 Å². The average Bonchev–Trinajstić information content (AvgIpc) is 3.13. The van der Waals surface area contributed by atoms with Gasteiger partial charge in [-0.05, 0) is 30.8 Å². The van der Waals surface area contributed by atoms with E-state index in [1.54, 1.807) is 6.92 Å². The van der Waals surface area contributed by atoms with E-state index in [9.17, 15) is 19.7 Å². The van der Waals surface area contributed by atoms with Crippen LogP contribution in [-0.4, -0.2) is 33.1 Å². The van der Waals surface area contributed by atoms with Gasteiger partial charge in [0.2, 0.25) is 11.9 Å². The number of rotatable bonds is 3. The highest BCUT2D eigenvalue weighted by atomic mass is 32.2. The van der Waals surface area contributed by atoms with Crippen molar-refractivity contribution in [2.45, 2.75) is 6.92 Å². The zero-order chi connectivity index (χ0) is 18.0. The molecule has 2 heterocycles. The lowest BCUT2D eigenvalue weighted by atomic mass is 10.1. The van der Waals surface area contributed by atoms with Gasteiger partial charge in [0, 0.05) is 11.8 Å². The molecule has 130 valence electrons. The Hall–Kier alpha value is -2.53. The summed E-state index contributed by atoms with van der Waals surface area (Å²) in [5.41, 5.74) is -0.0839. The Bertz CT molecular complexity index is 835. The van der Waals surface area contributed by atoms with Crippen molar-refractivity contribution < 1.29 is 28.7 Å². The van der Waals surface area contributed by atoms with Crippen LogP contribution in [0.4, 0.5) is 10.5 Å². The van der Waals surface area contributed by atoms with E-state index in [0.717, 1.165) is 11.8 Å². The Morgan fingerprint density at radius 2 is 2.20 bits per heavy atom. The van der Waals surface area contributed by atoms with Crippen LogP contribution in [0.1, 0.15) is 12.5 Å². The topological polar surface area (TPSA) is 117 Å². The minimum atomic E-state index is -0.584. The third-order valence-electron chi connectivity index (χ3n) is 3.04. The van der Waals surface area contributed by atoms with Gasteiger partial charge in [0.15, 0.2) is 11.5 Å². The number of nitro groups is 1. The average molecular weight is 382 g/mol. The second kappa shape index (κ2) is 7.15. The van der Waals surface area contributed by atoms with Crippen LogP contribution >= 0.6 is 23.5 Å². The van der Waals surface area contributed by atoms with Crippen molar-refractivity contribution in [2.24, 2.45) is 4.99 Å². The van der Waals surface area contributed by atoms with E-state index in [0.29, 0.717) is 17.5 Å². The molecule has 2 aliphatic heterocycles. The van der Waals surface area contributed by atoms with Crippen LogP contribution < -0.4 is 9.47 Å². The largest absolute Gasteiger partial charge is 0.458 e. The second-order valence-corrected chi connectivity index (χ2v) is 6.75. The number of nitro benzene ring substituents is 1. The molecule has 11 heteroatoms. The number of carbonyl (C=O) groups excluding carboxylic acids is 2. The van der Waals surface area contributed by atoms with E-state index in [1.165, 1.54) is 18.2 Å². The first kappa shape index (κ1) is 17.3. The lowest BCUT2D eigenvalue weighted by Crippen LogP contribution is -1.98. The van der Waals surface area contributed by atoms with Crippen LogP contribution in [0.3, 0.4) is 0 Å². The van der Waals surface area contributed by atoms with Crippen LogP contribution in [0.5, 0.6) is 11.5 Å². The summed E-state index contributed by atoms with van der Waals surface area (Å²) in [5, 5.41) is 10.3. The van der Waals surface area contributed by atoms with Gasteiger partial charge in [0.1, 0.15) is 10.1 Å². The molecule has 0 fully saturated rings. The van der Waals surface area contributed by atoms with E-state index in [4.69, 9.17) is 14.2 Å². The summed E-state index contributed by atoms with van der Waals surface area (Å²) in [7, 11) is 0. The highest BCUT2D eigenvalue weighted by Gasteiger charge is 2.28. The molecule has 0 amide bonds. The zero-order valence-corrected chi connectivity index (χ0v) is 14.3. The number of carbonyl (C=O) groups is 2. The van der Waals surface area contributed by atoms with Gasteiger partial charge in [-0.3, -0.25) is 14.9 Å². The van der Waals surface area contributed by atoms with E-state index < -0.39 is 15.3 Å². The van der Waals surface area contributed by atoms with Crippen molar-refractivity contribution in [1.82, 2.24) is 0 Å². The van der Waals surface area contributed by atoms with Crippen LogP contribution in [0.25, 0.3) is 6.08 Å². The molecule has 0 radical (unpaired) electrons.